The largest absolute Gasteiger partial charge is 0.354 e. The van der Waals surface area contributed by atoms with Crippen LogP contribution >= 0.6 is 0 Å². The fourth-order valence-electron chi connectivity index (χ4n) is 1.45. The number of aryl methyl sites for hydroxylation is 1. The Morgan fingerprint density at radius 3 is 2.47 bits per heavy atom. The van der Waals surface area contributed by atoms with E-state index in [1.54, 1.807) is 0 Å². The van der Waals surface area contributed by atoms with Crippen LogP contribution in [0.4, 0.5) is 0 Å². The van der Waals surface area contributed by atoms with Gasteiger partial charge in [-0.15, -0.1) is 0 Å². The first-order valence-corrected chi connectivity index (χ1v) is 6.14. The van der Waals surface area contributed by atoms with E-state index in [4.69, 9.17) is 5.73 Å². The molecule has 0 aliphatic heterocycles. The molecule has 0 spiro atoms. The summed E-state index contributed by atoms with van der Waals surface area (Å²) in [6.45, 7) is 6.92. The number of hydrogen-bond acceptors (Lipinski definition) is 2. The summed E-state index contributed by atoms with van der Waals surface area (Å²) in [7, 11) is 0. The predicted octanol–water partition coefficient (Wildman–Crippen LogP) is 2.16. The fourth-order valence-corrected chi connectivity index (χ4v) is 1.45. The molecule has 0 aromatic heterocycles. The first-order valence-electron chi connectivity index (χ1n) is 6.14. The van der Waals surface area contributed by atoms with Crippen LogP contribution in [0.2, 0.25) is 0 Å². The Balaban J connectivity index is 2.54. The summed E-state index contributed by atoms with van der Waals surface area (Å²) in [5.74, 6) is 0.387. The molecule has 0 heterocycles. The molecular formula is C14H22N2O. The maximum absolute atomic E-state index is 11.8. The molecule has 1 aromatic carbocycles. The van der Waals surface area contributed by atoms with Crippen LogP contribution in [0.3, 0.4) is 0 Å². The van der Waals surface area contributed by atoms with Gasteiger partial charge < -0.3 is 11.1 Å². The van der Waals surface area contributed by atoms with E-state index in [1.807, 2.05) is 31.2 Å². The third kappa shape index (κ3) is 4.19. The Morgan fingerprint density at radius 2 is 1.94 bits per heavy atom. The molecule has 0 aliphatic rings. The molecule has 3 heteroatoms. The molecule has 17 heavy (non-hydrogen) atoms. The van der Waals surface area contributed by atoms with Crippen LogP contribution in [0.25, 0.3) is 0 Å². The molecule has 0 fully saturated rings. The molecule has 2 atom stereocenters. The first-order chi connectivity index (χ1) is 8.04. The van der Waals surface area contributed by atoms with E-state index in [1.165, 1.54) is 5.56 Å². The van der Waals surface area contributed by atoms with Gasteiger partial charge in [-0.25, -0.2) is 0 Å². The van der Waals surface area contributed by atoms with Crippen molar-refractivity contribution in [3.63, 3.8) is 0 Å². The van der Waals surface area contributed by atoms with Gasteiger partial charge in [-0.05, 0) is 18.4 Å². The number of benzene rings is 1. The van der Waals surface area contributed by atoms with Gasteiger partial charge in [-0.3, -0.25) is 4.79 Å². The third-order valence-corrected chi connectivity index (χ3v) is 3.04. The maximum Gasteiger partial charge on any atom is 0.241 e. The number of carbonyl (C=O) groups excluding carboxylic acids is 1. The topological polar surface area (TPSA) is 55.1 Å². The van der Waals surface area contributed by atoms with E-state index < -0.39 is 6.04 Å². The number of rotatable bonds is 5. The molecule has 0 radical (unpaired) electrons. The van der Waals surface area contributed by atoms with Crippen LogP contribution in [-0.4, -0.2) is 12.5 Å². The van der Waals surface area contributed by atoms with Gasteiger partial charge >= 0.3 is 0 Å². The average Bonchev–Trinajstić information content (AvgIpc) is 2.35. The van der Waals surface area contributed by atoms with Gasteiger partial charge in [0, 0.05) is 6.54 Å². The van der Waals surface area contributed by atoms with Crippen LogP contribution in [-0.2, 0) is 4.79 Å². The summed E-state index contributed by atoms with van der Waals surface area (Å²) < 4.78 is 0. The van der Waals surface area contributed by atoms with Gasteiger partial charge in [0.25, 0.3) is 0 Å². The second kappa shape index (κ2) is 6.40. The Hall–Kier alpha value is -1.35. The molecule has 94 valence electrons. The van der Waals surface area contributed by atoms with Crippen molar-refractivity contribution < 1.29 is 4.79 Å². The molecule has 0 saturated carbocycles. The molecule has 1 amide bonds. The van der Waals surface area contributed by atoms with Crippen molar-refractivity contribution in [1.29, 1.82) is 0 Å². The Kier molecular flexibility index (Phi) is 5.16. The van der Waals surface area contributed by atoms with Crippen LogP contribution in [0.15, 0.2) is 24.3 Å². The summed E-state index contributed by atoms with van der Waals surface area (Å²) in [6, 6.07) is 7.18. The van der Waals surface area contributed by atoms with Crippen molar-refractivity contribution in [2.75, 3.05) is 6.54 Å². The summed E-state index contributed by atoms with van der Waals surface area (Å²) in [6.07, 6.45) is 1.06. The minimum Gasteiger partial charge on any atom is -0.354 e. The Morgan fingerprint density at radius 1 is 1.35 bits per heavy atom. The van der Waals surface area contributed by atoms with E-state index in [9.17, 15) is 4.79 Å². The normalized spacial score (nSPS) is 14.1. The Labute approximate surface area is 103 Å². The molecule has 3 nitrogen and oxygen atoms in total. The second-order valence-electron chi connectivity index (χ2n) is 4.65. The lowest BCUT2D eigenvalue weighted by Crippen LogP contribution is -2.36. The van der Waals surface area contributed by atoms with Gasteiger partial charge in [0.15, 0.2) is 0 Å². The quantitative estimate of drug-likeness (QED) is 0.820. The Bertz CT molecular complexity index is 359. The third-order valence-electron chi connectivity index (χ3n) is 3.04. The highest BCUT2D eigenvalue weighted by molar-refractivity contribution is 5.82. The monoisotopic (exact) mass is 234 g/mol. The molecule has 0 bridgehead atoms. The van der Waals surface area contributed by atoms with Gasteiger partial charge in [-0.1, -0.05) is 50.1 Å². The zero-order chi connectivity index (χ0) is 12.8. The summed E-state index contributed by atoms with van der Waals surface area (Å²) in [5.41, 5.74) is 7.93. The van der Waals surface area contributed by atoms with Crippen molar-refractivity contribution in [2.24, 2.45) is 11.7 Å². The summed E-state index contributed by atoms with van der Waals surface area (Å²) in [5, 5.41) is 2.88. The summed E-state index contributed by atoms with van der Waals surface area (Å²) >= 11 is 0. The van der Waals surface area contributed by atoms with Crippen LogP contribution in [0, 0.1) is 12.8 Å². The van der Waals surface area contributed by atoms with Gasteiger partial charge in [0.05, 0.1) is 0 Å². The molecule has 2 unspecified atom stereocenters. The zero-order valence-corrected chi connectivity index (χ0v) is 10.9. The summed E-state index contributed by atoms with van der Waals surface area (Å²) in [4.78, 5) is 11.8. The van der Waals surface area contributed by atoms with Crippen molar-refractivity contribution in [3.05, 3.63) is 35.4 Å². The second-order valence-corrected chi connectivity index (χ2v) is 4.65. The minimum atomic E-state index is -0.570. The fraction of sp³-hybridized carbons (Fsp3) is 0.500. The molecule has 1 rings (SSSR count). The van der Waals surface area contributed by atoms with E-state index in [2.05, 4.69) is 19.2 Å². The standard InChI is InChI=1S/C14H22N2O/c1-4-10(2)9-16-14(17)13(15)12-7-5-11(3)6-8-12/h5-8,10,13H,4,9,15H2,1-3H3,(H,16,17). The van der Waals surface area contributed by atoms with E-state index in [0.29, 0.717) is 12.5 Å². The first kappa shape index (κ1) is 13.7. The SMILES string of the molecule is CCC(C)CNC(=O)C(N)c1ccc(C)cc1. The predicted molar refractivity (Wildman–Crippen MR) is 70.6 cm³/mol. The van der Waals surface area contributed by atoms with Crippen molar-refractivity contribution in [3.8, 4) is 0 Å². The van der Waals surface area contributed by atoms with Crippen molar-refractivity contribution in [2.45, 2.75) is 33.2 Å². The van der Waals surface area contributed by atoms with Crippen LogP contribution in [0.5, 0.6) is 0 Å². The van der Waals surface area contributed by atoms with E-state index >= 15 is 0 Å². The van der Waals surface area contributed by atoms with Crippen LogP contribution < -0.4 is 11.1 Å². The van der Waals surface area contributed by atoms with Gasteiger partial charge in [-0.2, -0.15) is 0 Å². The highest BCUT2D eigenvalue weighted by atomic mass is 16.2. The number of amides is 1. The number of hydrogen-bond donors (Lipinski definition) is 2. The molecular weight excluding hydrogens is 212 g/mol. The molecule has 3 N–H and O–H groups in total. The van der Waals surface area contributed by atoms with E-state index in [-0.39, 0.29) is 5.91 Å². The van der Waals surface area contributed by atoms with E-state index in [0.717, 1.165) is 12.0 Å². The van der Waals surface area contributed by atoms with Crippen molar-refractivity contribution in [1.82, 2.24) is 5.32 Å². The van der Waals surface area contributed by atoms with Gasteiger partial charge in [0.1, 0.15) is 6.04 Å². The number of nitrogens with one attached hydrogen (secondary N) is 1. The highest BCUT2D eigenvalue weighted by Gasteiger charge is 2.15. The zero-order valence-electron chi connectivity index (χ0n) is 10.9. The smallest absolute Gasteiger partial charge is 0.241 e. The highest BCUT2D eigenvalue weighted by Crippen LogP contribution is 2.11. The lowest BCUT2D eigenvalue weighted by molar-refractivity contribution is -0.122. The minimum absolute atomic E-state index is 0.103. The van der Waals surface area contributed by atoms with Crippen molar-refractivity contribution >= 4 is 5.91 Å². The van der Waals surface area contributed by atoms with Crippen LogP contribution in [0.1, 0.15) is 37.4 Å². The lowest BCUT2D eigenvalue weighted by atomic mass is 10.0. The molecule has 1 aromatic rings. The molecule has 0 saturated heterocycles. The average molecular weight is 234 g/mol. The number of carbonyl (C=O) groups is 1. The molecule has 0 aliphatic carbocycles. The van der Waals surface area contributed by atoms with Gasteiger partial charge in [0.2, 0.25) is 5.91 Å². The lowest BCUT2D eigenvalue weighted by Gasteiger charge is -2.15. The maximum atomic E-state index is 11.8. The number of nitrogens with two attached hydrogens (primary N) is 1.